The molecule has 0 saturated heterocycles. The van der Waals surface area contributed by atoms with Gasteiger partial charge in [-0.15, -0.1) is 0 Å². The topological polar surface area (TPSA) is 100 Å². The normalized spacial score (nSPS) is 11.2. The smallest absolute Gasteiger partial charge is 0.243 e. The molecule has 0 spiro atoms. The predicted octanol–water partition coefficient (Wildman–Crippen LogP) is 5.33. The molecule has 168 valence electrons. The minimum absolute atomic E-state index is 0.277. The van der Waals surface area contributed by atoms with Gasteiger partial charge in [-0.05, 0) is 67.5 Å². The van der Waals surface area contributed by atoms with E-state index in [1.54, 1.807) is 23.4 Å². The molecule has 0 unspecified atom stereocenters. The number of ether oxygens (including phenoxy) is 1. The summed E-state index contributed by atoms with van der Waals surface area (Å²) in [6, 6.07) is 19.9. The molecule has 0 radical (unpaired) electrons. The highest BCUT2D eigenvalue weighted by Gasteiger charge is 2.09. The molecule has 4 rings (SSSR count). The first kappa shape index (κ1) is 22.6. The fraction of sp³-hybridized carbons (Fsp3) is 0.160. The summed E-state index contributed by atoms with van der Waals surface area (Å²) in [5.74, 6) is 0.424. The molecule has 2 aromatic carbocycles. The number of rotatable bonds is 10. The van der Waals surface area contributed by atoms with Gasteiger partial charge >= 0.3 is 0 Å². The van der Waals surface area contributed by atoms with E-state index in [-0.39, 0.29) is 12.3 Å². The molecule has 4 aromatic rings. The van der Waals surface area contributed by atoms with Crippen LogP contribution in [-0.2, 0) is 4.79 Å². The average molecular weight is 461 g/mol. The number of nitrogens with one attached hydrogen (secondary N) is 2. The van der Waals surface area contributed by atoms with Crippen LogP contribution in [0, 0.1) is 0 Å². The van der Waals surface area contributed by atoms with Crippen LogP contribution in [0.25, 0.3) is 23.1 Å². The second kappa shape index (κ2) is 11.3. The lowest BCUT2D eigenvalue weighted by molar-refractivity contribution is -0.129. The molecule has 2 aromatic heterocycles. The van der Waals surface area contributed by atoms with Crippen LogP contribution in [0.5, 0.6) is 5.75 Å². The van der Waals surface area contributed by atoms with Crippen molar-refractivity contribution in [2.45, 2.75) is 29.1 Å². The van der Waals surface area contributed by atoms with Crippen molar-refractivity contribution < 1.29 is 14.7 Å². The summed E-state index contributed by atoms with van der Waals surface area (Å²) >= 11 is 1.62. The summed E-state index contributed by atoms with van der Waals surface area (Å²) in [7, 11) is 0. The summed E-state index contributed by atoms with van der Waals surface area (Å²) in [6.45, 7) is 0.502. The molecular weight excluding hydrogens is 436 g/mol. The highest BCUT2D eigenvalue weighted by Crippen LogP contribution is 2.36. The number of aromatic amines is 1. The van der Waals surface area contributed by atoms with Crippen molar-refractivity contribution in [3.63, 3.8) is 0 Å². The first-order valence-electron chi connectivity index (χ1n) is 10.6. The van der Waals surface area contributed by atoms with Gasteiger partial charge in [0.25, 0.3) is 0 Å². The van der Waals surface area contributed by atoms with E-state index < -0.39 is 0 Å². The second-order valence-electron chi connectivity index (χ2n) is 7.29. The van der Waals surface area contributed by atoms with Gasteiger partial charge in [-0.3, -0.25) is 20.1 Å². The Morgan fingerprint density at radius 2 is 1.97 bits per heavy atom. The van der Waals surface area contributed by atoms with E-state index in [2.05, 4.69) is 33.4 Å². The minimum atomic E-state index is -0.379. The van der Waals surface area contributed by atoms with E-state index in [0.29, 0.717) is 13.0 Å². The van der Waals surface area contributed by atoms with Crippen LogP contribution in [0.1, 0.15) is 30.7 Å². The molecule has 7 nitrogen and oxygen atoms in total. The molecular formula is C25H24N4O3S. The Hall–Kier alpha value is -3.62. The number of nitrogens with zero attached hydrogens (tertiary/aromatic N) is 2. The van der Waals surface area contributed by atoms with Gasteiger partial charge in [0.15, 0.2) is 0 Å². The summed E-state index contributed by atoms with van der Waals surface area (Å²) in [6.07, 6.45) is 7.32. The van der Waals surface area contributed by atoms with E-state index in [1.807, 2.05) is 54.6 Å². The molecule has 0 aliphatic carbocycles. The van der Waals surface area contributed by atoms with Crippen molar-refractivity contribution >= 4 is 40.7 Å². The lowest BCUT2D eigenvalue weighted by atomic mass is 10.2. The summed E-state index contributed by atoms with van der Waals surface area (Å²) in [5, 5.41) is 17.1. The largest absolute Gasteiger partial charge is 0.492 e. The molecule has 3 N–H and O–H groups in total. The maximum atomic E-state index is 11.1. The quantitative estimate of drug-likeness (QED) is 0.168. The number of unbranched alkanes of at least 4 members (excludes halogenated alkanes) is 1. The number of fused-ring (bicyclic) bond motifs is 1. The van der Waals surface area contributed by atoms with Gasteiger partial charge in [0.2, 0.25) is 5.91 Å². The summed E-state index contributed by atoms with van der Waals surface area (Å²) < 4.78 is 5.94. The number of carbonyl (C=O) groups excluding carboxylic acids is 1. The highest BCUT2D eigenvalue weighted by molar-refractivity contribution is 7.99. The van der Waals surface area contributed by atoms with Crippen molar-refractivity contribution in [2.75, 3.05) is 6.61 Å². The lowest BCUT2D eigenvalue weighted by Crippen LogP contribution is -2.18. The maximum Gasteiger partial charge on any atom is 0.243 e. The Morgan fingerprint density at radius 1 is 1.09 bits per heavy atom. The van der Waals surface area contributed by atoms with Gasteiger partial charge in [-0.1, -0.05) is 30.0 Å². The van der Waals surface area contributed by atoms with E-state index >= 15 is 0 Å². The first-order chi connectivity index (χ1) is 16.2. The van der Waals surface area contributed by atoms with Crippen molar-refractivity contribution in [1.29, 1.82) is 0 Å². The van der Waals surface area contributed by atoms with Gasteiger partial charge in [-0.25, -0.2) is 5.48 Å². The Morgan fingerprint density at radius 3 is 2.82 bits per heavy atom. The van der Waals surface area contributed by atoms with Crippen LogP contribution in [0.15, 0.2) is 76.7 Å². The molecule has 0 bridgehead atoms. The van der Waals surface area contributed by atoms with E-state index in [4.69, 9.17) is 9.94 Å². The summed E-state index contributed by atoms with van der Waals surface area (Å²) in [5.41, 5.74) is 4.35. The van der Waals surface area contributed by atoms with Crippen molar-refractivity contribution in [3.05, 3.63) is 78.2 Å². The van der Waals surface area contributed by atoms with Gasteiger partial charge in [0.05, 0.1) is 28.4 Å². The number of carbonyl (C=O) groups is 1. The summed E-state index contributed by atoms with van der Waals surface area (Å²) in [4.78, 5) is 17.5. The molecule has 2 heterocycles. The van der Waals surface area contributed by atoms with Gasteiger partial charge < -0.3 is 4.74 Å². The number of hydrogen-bond donors (Lipinski definition) is 3. The average Bonchev–Trinajstić information content (AvgIpc) is 3.26. The highest BCUT2D eigenvalue weighted by atomic mass is 32.2. The number of hydrogen-bond acceptors (Lipinski definition) is 6. The van der Waals surface area contributed by atoms with Crippen molar-refractivity contribution in [1.82, 2.24) is 20.7 Å². The van der Waals surface area contributed by atoms with Crippen LogP contribution in [0.2, 0.25) is 0 Å². The minimum Gasteiger partial charge on any atom is -0.492 e. The molecule has 8 heteroatoms. The third-order valence-electron chi connectivity index (χ3n) is 4.92. The second-order valence-corrected chi connectivity index (χ2v) is 8.41. The first-order valence-corrected chi connectivity index (χ1v) is 11.4. The van der Waals surface area contributed by atoms with E-state index in [0.717, 1.165) is 44.3 Å². The Balaban J connectivity index is 1.41. The van der Waals surface area contributed by atoms with Crippen LogP contribution in [0.4, 0.5) is 0 Å². The number of pyridine rings is 1. The van der Waals surface area contributed by atoms with Gasteiger partial charge in [0.1, 0.15) is 5.75 Å². The van der Waals surface area contributed by atoms with Gasteiger partial charge in [-0.2, -0.15) is 5.10 Å². The van der Waals surface area contributed by atoms with Crippen LogP contribution < -0.4 is 10.2 Å². The number of benzene rings is 2. The number of amides is 1. The molecule has 0 fully saturated rings. The SMILES string of the molecule is O=C(CCCCOc1ccccc1Sc1ccc2c(/C=C/c3ccccn3)n[nH]c2c1)NO. The fourth-order valence-corrected chi connectivity index (χ4v) is 4.20. The van der Waals surface area contributed by atoms with Crippen LogP contribution in [-0.4, -0.2) is 32.9 Å². The molecule has 0 atom stereocenters. The van der Waals surface area contributed by atoms with Crippen molar-refractivity contribution in [2.24, 2.45) is 0 Å². The molecule has 1 amide bonds. The third kappa shape index (κ3) is 6.21. The van der Waals surface area contributed by atoms with Crippen LogP contribution in [0.3, 0.4) is 0 Å². The number of H-pyrrole nitrogens is 1. The van der Waals surface area contributed by atoms with Gasteiger partial charge in [0, 0.05) is 22.9 Å². The number of para-hydroxylation sites is 1. The third-order valence-corrected chi connectivity index (χ3v) is 5.97. The monoisotopic (exact) mass is 460 g/mol. The van der Waals surface area contributed by atoms with Crippen LogP contribution >= 0.6 is 11.8 Å². The Labute approximate surface area is 195 Å². The zero-order chi connectivity index (χ0) is 22.9. The predicted molar refractivity (Wildman–Crippen MR) is 129 cm³/mol. The standard InChI is InChI=1S/C25H24N4O3S/c30-25(29-31)10-4-6-16-32-23-8-1-2-9-24(23)33-19-12-13-20-21(27-28-22(20)17-19)14-11-18-7-3-5-15-26-18/h1-3,5,7-9,11-15,17,31H,4,6,10,16H2,(H,27,28)(H,29,30)/b14-11+. The maximum absolute atomic E-state index is 11.1. The molecule has 33 heavy (non-hydrogen) atoms. The Bertz CT molecular complexity index is 1240. The zero-order valence-corrected chi connectivity index (χ0v) is 18.7. The van der Waals surface area contributed by atoms with E-state index in [9.17, 15) is 4.79 Å². The van der Waals surface area contributed by atoms with Crippen molar-refractivity contribution in [3.8, 4) is 5.75 Å². The number of aromatic nitrogens is 3. The number of hydroxylamine groups is 1. The fourth-order valence-electron chi connectivity index (χ4n) is 3.26. The molecule has 0 aliphatic rings. The molecule has 0 aliphatic heterocycles. The molecule has 0 saturated carbocycles. The van der Waals surface area contributed by atoms with E-state index in [1.165, 1.54) is 0 Å². The Kier molecular flexibility index (Phi) is 7.73. The zero-order valence-electron chi connectivity index (χ0n) is 17.9. The lowest BCUT2D eigenvalue weighted by Gasteiger charge is -2.11.